The molecular weight excluding hydrogens is 352 g/mol. The first-order valence-corrected chi connectivity index (χ1v) is 9.07. The molecule has 0 fully saturated rings. The van der Waals surface area contributed by atoms with Gasteiger partial charge in [-0.2, -0.15) is 0 Å². The topological polar surface area (TPSA) is 84.0 Å². The summed E-state index contributed by atoms with van der Waals surface area (Å²) < 4.78 is 0. The van der Waals surface area contributed by atoms with Crippen molar-refractivity contribution < 1.29 is 9.59 Å². The van der Waals surface area contributed by atoms with Gasteiger partial charge in [-0.1, -0.05) is 38.1 Å². The molecule has 2 amide bonds. The molecule has 2 aromatic heterocycles. The third kappa shape index (κ3) is 4.79. The largest absolute Gasteiger partial charge is 0.348 e. The van der Waals surface area contributed by atoms with Crippen molar-refractivity contribution in [2.24, 2.45) is 0 Å². The maximum absolute atomic E-state index is 12.7. The van der Waals surface area contributed by atoms with Gasteiger partial charge in [0, 0.05) is 37.0 Å². The Bertz CT molecular complexity index is 971. The molecule has 142 valence electrons. The van der Waals surface area contributed by atoms with Gasteiger partial charge in [0.1, 0.15) is 0 Å². The van der Waals surface area contributed by atoms with Crippen LogP contribution in [0.25, 0.3) is 0 Å². The molecule has 0 saturated carbocycles. The van der Waals surface area contributed by atoms with Crippen LogP contribution in [-0.4, -0.2) is 21.8 Å². The van der Waals surface area contributed by atoms with Gasteiger partial charge in [0.05, 0.1) is 11.1 Å². The summed E-state index contributed by atoms with van der Waals surface area (Å²) in [5, 5.41) is 5.72. The fraction of sp³-hybridized carbons (Fsp3) is 0.182. The number of hydrogen-bond donors (Lipinski definition) is 2. The minimum atomic E-state index is -0.303. The number of benzene rings is 1. The van der Waals surface area contributed by atoms with E-state index < -0.39 is 0 Å². The molecule has 3 aromatic rings. The molecule has 3 rings (SSSR count). The van der Waals surface area contributed by atoms with Crippen molar-refractivity contribution in [3.63, 3.8) is 0 Å². The van der Waals surface area contributed by atoms with Gasteiger partial charge in [-0.05, 0) is 35.2 Å². The number of nitrogens with one attached hydrogen (secondary N) is 2. The van der Waals surface area contributed by atoms with Crippen LogP contribution in [0.5, 0.6) is 0 Å². The third-order valence-corrected chi connectivity index (χ3v) is 4.27. The van der Waals surface area contributed by atoms with Crippen LogP contribution in [0.3, 0.4) is 0 Å². The van der Waals surface area contributed by atoms with Crippen molar-refractivity contribution in [2.75, 3.05) is 5.32 Å². The fourth-order valence-electron chi connectivity index (χ4n) is 2.78. The molecule has 6 heteroatoms. The normalized spacial score (nSPS) is 10.5. The molecule has 0 aliphatic rings. The molecule has 0 saturated heterocycles. The Kier molecular flexibility index (Phi) is 6.11. The molecule has 0 spiro atoms. The quantitative estimate of drug-likeness (QED) is 0.688. The Morgan fingerprint density at radius 3 is 2.39 bits per heavy atom. The Morgan fingerprint density at radius 2 is 1.68 bits per heavy atom. The van der Waals surface area contributed by atoms with Crippen LogP contribution in [-0.2, 0) is 6.54 Å². The van der Waals surface area contributed by atoms with Crippen molar-refractivity contribution in [3.05, 3.63) is 89.5 Å². The van der Waals surface area contributed by atoms with E-state index in [1.807, 2.05) is 36.4 Å². The molecule has 28 heavy (non-hydrogen) atoms. The Morgan fingerprint density at radius 1 is 0.929 bits per heavy atom. The third-order valence-electron chi connectivity index (χ3n) is 4.27. The Balaban J connectivity index is 1.70. The monoisotopic (exact) mass is 374 g/mol. The van der Waals surface area contributed by atoms with E-state index in [1.54, 1.807) is 18.5 Å². The van der Waals surface area contributed by atoms with Crippen LogP contribution in [0.2, 0.25) is 0 Å². The lowest BCUT2D eigenvalue weighted by molar-refractivity contribution is 0.0950. The van der Waals surface area contributed by atoms with Crippen LogP contribution in [0.4, 0.5) is 5.69 Å². The van der Waals surface area contributed by atoms with Gasteiger partial charge in [-0.25, -0.2) is 0 Å². The fourth-order valence-corrected chi connectivity index (χ4v) is 2.78. The van der Waals surface area contributed by atoms with Crippen LogP contribution < -0.4 is 10.6 Å². The van der Waals surface area contributed by atoms with E-state index in [9.17, 15) is 9.59 Å². The number of rotatable bonds is 6. The van der Waals surface area contributed by atoms with E-state index in [2.05, 4.69) is 34.4 Å². The number of carbonyl (C=O) groups is 2. The molecule has 2 N–H and O–H groups in total. The van der Waals surface area contributed by atoms with E-state index in [-0.39, 0.29) is 17.7 Å². The van der Waals surface area contributed by atoms with Crippen LogP contribution >= 0.6 is 0 Å². The van der Waals surface area contributed by atoms with Crippen LogP contribution in [0.1, 0.15) is 51.6 Å². The number of hydrogen-bond acceptors (Lipinski definition) is 4. The van der Waals surface area contributed by atoms with Gasteiger partial charge in [0.25, 0.3) is 11.8 Å². The molecule has 0 bridgehead atoms. The standard InChI is InChI=1S/C22H22N4O2/c1-15(2)19-7-3-4-8-20(19)26-22(28)18-10-17(13-24-14-18)21(27)25-12-16-6-5-9-23-11-16/h3-11,13-15H,12H2,1-2H3,(H,25,27)(H,26,28). The minimum absolute atomic E-state index is 0.277. The molecule has 0 aliphatic carbocycles. The Hall–Kier alpha value is -3.54. The van der Waals surface area contributed by atoms with Gasteiger partial charge >= 0.3 is 0 Å². The summed E-state index contributed by atoms with van der Waals surface area (Å²) in [5.41, 5.74) is 3.35. The van der Waals surface area contributed by atoms with E-state index >= 15 is 0 Å². The van der Waals surface area contributed by atoms with Crippen molar-refractivity contribution in [3.8, 4) is 0 Å². The average molecular weight is 374 g/mol. The minimum Gasteiger partial charge on any atom is -0.348 e. The lowest BCUT2D eigenvalue weighted by Gasteiger charge is -2.13. The van der Waals surface area contributed by atoms with Crippen molar-refractivity contribution >= 4 is 17.5 Å². The molecule has 0 atom stereocenters. The predicted molar refractivity (Wildman–Crippen MR) is 108 cm³/mol. The average Bonchev–Trinajstić information content (AvgIpc) is 2.73. The lowest BCUT2D eigenvalue weighted by atomic mass is 10.0. The zero-order chi connectivity index (χ0) is 19.9. The highest BCUT2D eigenvalue weighted by atomic mass is 16.2. The summed E-state index contributed by atoms with van der Waals surface area (Å²) in [4.78, 5) is 33.1. The van der Waals surface area contributed by atoms with Crippen LogP contribution in [0.15, 0.2) is 67.3 Å². The molecular formula is C22H22N4O2. The van der Waals surface area contributed by atoms with Gasteiger partial charge in [-0.3, -0.25) is 19.6 Å². The highest BCUT2D eigenvalue weighted by Gasteiger charge is 2.14. The maximum atomic E-state index is 12.7. The highest BCUT2D eigenvalue weighted by Crippen LogP contribution is 2.24. The van der Waals surface area contributed by atoms with E-state index in [4.69, 9.17) is 0 Å². The summed E-state index contributed by atoms with van der Waals surface area (Å²) in [7, 11) is 0. The number of nitrogens with zero attached hydrogens (tertiary/aromatic N) is 2. The second kappa shape index (κ2) is 8.90. The maximum Gasteiger partial charge on any atom is 0.257 e. The van der Waals surface area contributed by atoms with Crippen LogP contribution in [0, 0.1) is 0 Å². The summed E-state index contributed by atoms with van der Waals surface area (Å²) >= 11 is 0. The van der Waals surface area contributed by atoms with Crippen molar-refractivity contribution in [2.45, 2.75) is 26.3 Å². The summed E-state index contributed by atoms with van der Waals surface area (Å²) in [6.45, 7) is 4.49. The summed E-state index contributed by atoms with van der Waals surface area (Å²) in [5.74, 6) is -0.324. The number of amides is 2. The number of anilines is 1. The number of pyridine rings is 2. The first kappa shape index (κ1) is 19.2. The van der Waals surface area contributed by atoms with E-state index in [0.29, 0.717) is 17.7 Å². The SMILES string of the molecule is CC(C)c1ccccc1NC(=O)c1cncc(C(=O)NCc2cccnc2)c1. The smallest absolute Gasteiger partial charge is 0.257 e. The molecule has 6 nitrogen and oxygen atoms in total. The van der Waals surface area contributed by atoms with Gasteiger partial charge in [-0.15, -0.1) is 0 Å². The first-order valence-electron chi connectivity index (χ1n) is 9.07. The van der Waals surface area contributed by atoms with Gasteiger partial charge in [0.2, 0.25) is 0 Å². The molecule has 0 aliphatic heterocycles. The second-order valence-electron chi connectivity index (χ2n) is 6.70. The number of carbonyl (C=O) groups excluding carboxylic acids is 2. The summed E-state index contributed by atoms with van der Waals surface area (Å²) in [6, 6.07) is 12.9. The van der Waals surface area contributed by atoms with E-state index in [1.165, 1.54) is 12.4 Å². The zero-order valence-electron chi connectivity index (χ0n) is 15.8. The number of aromatic nitrogens is 2. The highest BCUT2D eigenvalue weighted by molar-refractivity contribution is 6.06. The van der Waals surface area contributed by atoms with Crippen molar-refractivity contribution in [1.29, 1.82) is 0 Å². The van der Waals surface area contributed by atoms with Gasteiger partial charge < -0.3 is 10.6 Å². The molecule has 2 heterocycles. The predicted octanol–water partition coefficient (Wildman–Crippen LogP) is 3.78. The number of para-hydroxylation sites is 1. The lowest BCUT2D eigenvalue weighted by Crippen LogP contribution is -2.23. The molecule has 1 aromatic carbocycles. The second-order valence-corrected chi connectivity index (χ2v) is 6.70. The van der Waals surface area contributed by atoms with Crippen molar-refractivity contribution in [1.82, 2.24) is 15.3 Å². The molecule has 0 unspecified atom stereocenters. The summed E-state index contributed by atoms with van der Waals surface area (Å²) in [6.07, 6.45) is 6.26. The zero-order valence-corrected chi connectivity index (χ0v) is 15.8. The van der Waals surface area contributed by atoms with E-state index in [0.717, 1.165) is 16.8 Å². The Labute approximate surface area is 164 Å². The first-order chi connectivity index (χ1) is 13.5. The van der Waals surface area contributed by atoms with Gasteiger partial charge in [0.15, 0.2) is 0 Å². The molecule has 0 radical (unpaired) electrons.